The molecule has 3 aromatic carbocycles. The maximum Gasteiger partial charge on any atom is 0.231 e. The molecule has 208 valence electrons. The highest BCUT2D eigenvalue weighted by atomic mass is 79.9. The fourth-order valence-electron chi connectivity index (χ4n) is 4.45. The number of carbonyl (C=O) groups excluding carboxylic acids is 3. The second kappa shape index (κ2) is 12.1. The minimum absolute atomic E-state index is 0.00898. The van der Waals surface area contributed by atoms with Crippen LogP contribution in [0, 0.1) is 23.4 Å². The molecule has 1 aliphatic rings. The van der Waals surface area contributed by atoms with E-state index in [-0.39, 0.29) is 32.7 Å². The van der Waals surface area contributed by atoms with Gasteiger partial charge in [0.1, 0.15) is 27.6 Å². The Labute approximate surface area is 251 Å². The first-order valence-electron chi connectivity index (χ1n) is 11.9. The number of alkyl halides is 2. The topological polar surface area (TPSA) is 63.2 Å². The molecule has 4 nitrogen and oxygen atoms in total. The van der Waals surface area contributed by atoms with E-state index in [0.717, 1.165) is 12.1 Å². The Morgan fingerprint density at radius 1 is 1.00 bits per heavy atom. The van der Waals surface area contributed by atoms with Gasteiger partial charge in [-0.3, -0.25) is 14.4 Å². The molecule has 2 atom stereocenters. The molecule has 1 amide bonds. The normalized spacial score (nSPS) is 17.3. The second-order valence-electron chi connectivity index (χ2n) is 9.29. The number of amides is 1. The molecular weight excluding hydrogens is 654 g/mol. The number of ketones is 2. The third kappa shape index (κ3) is 6.30. The maximum absolute atomic E-state index is 15.0. The fourth-order valence-corrected chi connectivity index (χ4v) is 5.90. The third-order valence-electron chi connectivity index (χ3n) is 6.54. The molecule has 11 heteroatoms. The zero-order chi connectivity index (χ0) is 29.4. The Bertz CT molecular complexity index is 1550. The molecule has 1 aliphatic carbocycles. The molecule has 3 aromatic rings. The van der Waals surface area contributed by atoms with Gasteiger partial charge in [0.05, 0.1) is 15.4 Å². The molecular formula is C29H20BrCl3F3NO3. The number of halogens is 7. The summed E-state index contributed by atoms with van der Waals surface area (Å²) >= 11 is 22.1. The van der Waals surface area contributed by atoms with E-state index in [1.165, 1.54) is 42.5 Å². The van der Waals surface area contributed by atoms with Gasteiger partial charge >= 0.3 is 0 Å². The van der Waals surface area contributed by atoms with Crippen molar-refractivity contribution < 1.29 is 27.6 Å². The summed E-state index contributed by atoms with van der Waals surface area (Å²) in [5.74, 6) is -5.38. The predicted molar refractivity (Wildman–Crippen MR) is 153 cm³/mol. The first-order valence-corrected chi connectivity index (χ1v) is 13.8. The molecule has 0 radical (unpaired) electrons. The van der Waals surface area contributed by atoms with E-state index in [9.17, 15) is 23.2 Å². The average molecular weight is 674 g/mol. The summed E-state index contributed by atoms with van der Waals surface area (Å²) in [6.07, 6.45) is 0.342. The predicted octanol–water partition coefficient (Wildman–Crippen LogP) is 8.16. The molecule has 0 heterocycles. The Balaban J connectivity index is 1.51. The van der Waals surface area contributed by atoms with Crippen LogP contribution in [-0.4, -0.2) is 21.8 Å². The van der Waals surface area contributed by atoms with Crippen LogP contribution in [0.15, 0.2) is 65.7 Å². The van der Waals surface area contributed by atoms with Crippen LogP contribution in [0.25, 0.3) is 0 Å². The van der Waals surface area contributed by atoms with Gasteiger partial charge in [0.25, 0.3) is 0 Å². The minimum Gasteiger partial charge on any atom is -0.326 e. The van der Waals surface area contributed by atoms with Crippen molar-refractivity contribution in [1.82, 2.24) is 0 Å². The Morgan fingerprint density at radius 3 is 2.38 bits per heavy atom. The molecule has 0 unspecified atom stereocenters. The SMILES string of the molecule is C=CCC(=O)Cc1c(F)ccc(CC(=O)c2cc(NC(=O)[C@H]3[C@H](c4ccc(F)c(Br)c4)C3(Cl)Cl)ccc2Cl)c1F. The summed E-state index contributed by atoms with van der Waals surface area (Å²) in [5.41, 5.74) is 0.228. The number of rotatable bonds is 10. The van der Waals surface area contributed by atoms with Gasteiger partial charge in [0.15, 0.2) is 5.78 Å². The van der Waals surface area contributed by atoms with E-state index < -0.39 is 69.5 Å². The Hall–Kier alpha value is -2.65. The monoisotopic (exact) mass is 671 g/mol. The van der Waals surface area contributed by atoms with E-state index in [0.29, 0.717) is 5.56 Å². The quantitative estimate of drug-likeness (QED) is 0.134. The maximum atomic E-state index is 15.0. The molecule has 40 heavy (non-hydrogen) atoms. The van der Waals surface area contributed by atoms with Gasteiger partial charge in [-0.1, -0.05) is 29.8 Å². The van der Waals surface area contributed by atoms with E-state index in [2.05, 4.69) is 27.8 Å². The number of carbonyl (C=O) groups is 3. The molecule has 0 spiro atoms. The molecule has 0 aliphatic heterocycles. The van der Waals surface area contributed by atoms with Gasteiger partial charge in [-0.2, -0.15) is 0 Å². The fraction of sp³-hybridized carbons (Fsp3) is 0.207. The van der Waals surface area contributed by atoms with Gasteiger partial charge in [0.2, 0.25) is 5.91 Å². The van der Waals surface area contributed by atoms with Gasteiger partial charge in [-0.15, -0.1) is 29.8 Å². The summed E-state index contributed by atoms with van der Waals surface area (Å²) < 4.78 is 41.7. The number of anilines is 1. The standard InChI is InChI=1S/C29H20BrCl3F3NO3/c1-2-3-17(38)13-19-22(34)8-5-15(27(19)36)11-24(39)18-12-16(6-7-21(18)31)37-28(40)26-25(29(26,32)33)14-4-9-23(35)20(30)10-14/h2,4-10,12,25-26H,1,3,11,13H2,(H,37,40)/t25-,26+/m0/s1. The zero-order valence-electron chi connectivity index (χ0n) is 20.5. The molecule has 1 fully saturated rings. The molecule has 0 bridgehead atoms. The van der Waals surface area contributed by atoms with Gasteiger partial charge in [0, 0.05) is 42.0 Å². The van der Waals surface area contributed by atoms with Crippen LogP contribution in [0.1, 0.15) is 39.4 Å². The first kappa shape index (κ1) is 30.3. The lowest BCUT2D eigenvalue weighted by atomic mass is 9.97. The largest absolute Gasteiger partial charge is 0.326 e. The lowest BCUT2D eigenvalue weighted by Crippen LogP contribution is -2.17. The van der Waals surface area contributed by atoms with Crippen LogP contribution in [0.5, 0.6) is 0 Å². The number of hydrogen-bond acceptors (Lipinski definition) is 3. The van der Waals surface area contributed by atoms with Crippen LogP contribution in [0.3, 0.4) is 0 Å². The van der Waals surface area contributed by atoms with Crippen LogP contribution in [-0.2, 0) is 22.4 Å². The highest BCUT2D eigenvalue weighted by Gasteiger charge is 2.67. The minimum atomic E-state index is -1.43. The smallest absolute Gasteiger partial charge is 0.231 e. The Kier molecular flexibility index (Phi) is 9.15. The number of Topliss-reactive ketones (excluding diaryl/α,β-unsaturated/α-hetero) is 2. The van der Waals surface area contributed by atoms with Crippen molar-refractivity contribution in [2.45, 2.75) is 29.5 Å². The summed E-state index contributed by atoms with van der Waals surface area (Å²) in [6, 6.07) is 10.5. The number of allylic oxidation sites excluding steroid dienone is 1. The first-order chi connectivity index (χ1) is 18.8. The van der Waals surface area contributed by atoms with Crippen molar-refractivity contribution >= 4 is 73.9 Å². The number of benzene rings is 3. The molecule has 1 N–H and O–H groups in total. The van der Waals surface area contributed by atoms with E-state index >= 15 is 4.39 Å². The van der Waals surface area contributed by atoms with E-state index in [4.69, 9.17) is 34.8 Å². The molecule has 0 saturated heterocycles. The van der Waals surface area contributed by atoms with Crippen LogP contribution in [0.4, 0.5) is 18.9 Å². The summed E-state index contributed by atoms with van der Waals surface area (Å²) in [6.45, 7) is 3.44. The molecule has 1 saturated carbocycles. The van der Waals surface area contributed by atoms with E-state index in [1.807, 2.05) is 0 Å². The third-order valence-corrected chi connectivity index (χ3v) is 8.41. The van der Waals surface area contributed by atoms with Gasteiger partial charge in [-0.05, 0) is 63.5 Å². The Morgan fingerprint density at radius 2 is 1.70 bits per heavy atom. The lowest BCUT2D eigenvalue weighted by molar-refractivity contribution is -0.118. The van der Waals surface area contributed by atoms with Crippen LogP contribution < -0.4 is 5.32 Å². The average Bonchev–Trinajstić information content (AvgIpc) is 3.48. The van der Waals surface area contributed by atoms with Crippen molar-refractivity contribution in [3.05, 3.63) is 110 Å². The van der Waals surface area contributed by atoms with Gasteiger partial charge < -0.3 is 5.32 Å². The van der Waals surface area contributed by atoms with Crippen LogP contribution in [0.2, 0.25) is 5.02 Å². The van der Waals surface area contributed by atoms with E-state index in [1.54, 1.807) is 0 Å². The van der Waals surface area contributed by atoms with Crippen LogP contribution >= 0.6 is 50.7 Å². The number of hydrogen-bond donors (Lipinski definition) is 1. The van der Waals surface area contributed by atoms with Crippen molar-refractivity contribution in [3.63, 3.8) is 0 Å². The van der Waals surface area contributed by atoms with Crippen molar-refractivity contribution in [1.29, 1.82) is 0 Å². The number of nitrogens with one attached hydrogen (secondary N) is 1. The summed E-state index contributed by atoms with van der Waals surface area (Å²) in [5, 5.41) is 2.71. The van der Waals surface area contributed by atoms with Crippen molar-refractivity contribution in [2.24, 2.45) is 5.92 Å². The van der Waals surface area contributed by atoms with Crippen molar-refractivity contribution in [3.8, 4) is 0 Å². The summed E-state index contributed by atoms with van der Waals surface area (Å²) in [7, 11) is 0. The molecule has 4 rings (SSSR count). The lowest BCUT2D eigenvalue weighted by Gasteiger charge is -2.11. The summed E-state index contributed by atoms with van der Waals surface area (Å²) in [4.78, 5) is 38.0. The second-order valence-corrected chi connectivity index (χ2v) is 12.0. The molecule has 0 aromatic heterocycles. The zero-order valence-corrected chi connectivity index (χ0v) is 24.4. The highest BCUT2D eigenvalue weighted by Crippen LogP contribution is 2.65. The van der Waals surface area contributed by atoms with Crippen molar-refractivity contribution in [2.75, 3.05) is 5.32 Å². The van der Waals surface area contributed by atoms with Gasteiger partial charge in [-0.25, -0.2) is 13.2 Å². The highest BCUT2D eigenvalue weighted by molar-refractivity contribution is 9.10.